The lowest BCUT2D eigenvalue weighted by Crippen LogP contribution is -2.26. The second-order valence-corrected chi connectivity index (χ2v) is 22.3. The fraction of sp³-hybridized carbons (Fsp3) is 0.101. The fourth-order valence-electron chi connectivity index (χ4n) is 13.6. The number of hydrogen-bond donors (Lipinski definition) is 0. The molecule has 15 rings (SSSR count). The number of para-hydroxylation sites is 2. The molecule has 0 saturated carbocycles. The summed E-state index contributed by atoms with van der Waals surface area (Å²) in [5.74, 6) is 0. The molecule has 0 bridgehead atoms. The molecule has 10 aromatic carbocycles. The number of fused-ring (bicyclic) bond motifs is 18. The highest BCUT2D eigenvalue weighted by Crippen LogP contribution is 2.67. The molecule has 0 saturated heterocycles. The van der Waals surface area contributed by atoms with Crippen LogP contribution in [0.25, 0.3) is 54.6 Å². The molecule has 72 heavy (non-hydrogen) atoms. The first kappa shape index (κ1) is 41.5. The van der Waals surface area contributed by atoms with Crippen LogP contribution in [0.5, 0.6) is 0 Å². The summed E-state index contributed by atoms with van der Waals surface area (Å²) < 4.78 is 1.32. The molecule has 0 N–H and O–H groups in total. The zero-order valence-corrected chi connectivity index (χ0v) is 41.6. The summed E-state index contributed by atoms with van der Waals surface area (Å²) in [6.07, 6.45) is 0. The average molecular weight is 939 g/mol. The Hall–Kier alpha value is -8.24. The van der Waals surface area contributed by atoms with Gasteiger partial charge in [-0.3, -0.25) is 0 Å². The minimum Gasteiger partial charge on any atom is -0.310 e. The van der Waals surface area contributed by atoms with Gasteiger partial charge in [-0.2, -0.15) is 0 Å². The predicted molar refractivity (Wildman–Crippen MR) is 303 cm³/mol. The van der Waals surface area contributed by atoms with Crippen molar-refractivity contribution in [1.82, 2.24) is 0 Å². The van der Waals surface area contributed by atoms with Gasteiger partial charge in [-0.05, 0) is 157 Å². The molecule has 11 aromatic rings. The van der Waals surface area contributed by atoms with Gasteiger partial charge in [0.2, 0.25) is 0 Å². The van der Waals surface area contributed by atoms with Gasteiger partial charge in [0.15, 0.2) is 0 Å². The second-order valence-electron chi connectivity index (χ2n) is 21.2. The molecule has 4 aliphatic carbocycles. The first-order valence-corrected chi connectivity index (χ1v) is 26.1. The largest absolute Gasteiger partial charge is 0.310 e. The van der Waals surface area contributed by atoms with Crippen LogP contribution >= 0.6 is 11.3 Å². The molecule has 0 fully saturated rings. The van der Waals surface area contributed by atoms with Gasteiger partial charge in [-0.15, -0.1) is 11.3 Å². The molecule has 342 valence electrons. The highest BCUT2D eigenvalue weighted by atomic mass is 32.1. The third-order valence-electron chi connectivity index (χ3n) is 16.8. The van der Waals surface area contributed by atoms with E-state index in [0.717, 1.165) is 34.1 Å². The van der Waals surface area contributed by atoms with Crippen LogP contribution in [-0.4, -0.2) is 0 Å². The Balaban J connectivity index is 0.972. The van der Waals surface area contributed by atoms with E-state index in [1.54, 1.807) is 0 Å². The van der Waals surface area contributed by atoms with Crippen LogP contribution in [0, 0.1) is 0 Å². The standard InChI is InChI=1S/C69H50N2S/c1-67(2)57-27-15-11-23-49(57)52-35-31-45(39-60(52)67)70(43-19-7-5-8-20-43)47-33-37-54-51-25-13-17-29-59(51)69(62(54)41-47)63-42-48(34-38-55(63)65-56-26-14-18-30-64(56)72-66(65)69)71(44-21-9-6-10-22-44)46-32-36-53-50-24-12-16-28-58(50)68(3,4)61(53)40-46/h5-42H,1-4H3. The van der Waals surface area contributed by atoms with Crippen LogP contribution in [0.3, 0.4) is 0 Å². The number of anilines is 6. The molecule has 1 aromatic heterocycles. The van der Waals surface area contributed by atoms with E-state index in [1.807, 2.05) is 11.3 Å². The van der Waals surface area contributed by atoms with Crippen molar-refractivity contribution in [2.75, 3.05) is 9.80 Å². The van der Waals surface area contributed by atoms with Crippen molar-refractivity contribution in [2.24, 2.45) is 0 Å². The molecule has 0 radical (unpaired) electrons. The van der Waals surface area contributed by atoms with Crippen LogP contribution < -0.4 is 9.80 Å². The summed E-state index contributed by atoms with van der Waals surface area (Å²) in [5.41, 5.74) is 26.0. The molecule has 0 aliphatic heterocycles. The Morgan fingerprint density at radius 1 is 0.292 bits per heavy atom. The Labute approximate surface area is 425 Å². The van der Waals surface area contributed by atoms with Crippen molar-refractivity contribution in [3.63, 3.8) is 0 Å². The summed E-state index contributed by atoms with van der Waals surface area (Å²) in [7, 11) is 0. The van der Waals surface area contributed by atoms with Gasteiger partial charge in [0.05, 0.1) is 5.41 Å². The Kier molecular flexibility index (Phi) is 8.59. The molecule has 3 heteroatoms. The molecule has 1 atom stereocenters. The molecular formula is C69H50N2S. The number of hydrogen-bond acceptors (Lipinski definition) is 3. The van der Waals surface area contributed by atoms with Crippen LogP contribution in [0.1, 0.15) is 71.5 Å². The monoisotopic (exact) mass is 938 g/mol. The van der Waals surface area contributed by atoms with E-state index in [9.17, 15) is 0 Å². The maximum absolute atomic E-state index is 2.55. The third-order valence-corrected chi connectivity index (χ3v) is 18.1. The second kappa shape index (κ2) is 14.9. The minimum atomic E-state index is -0.583. The van der Waals surface area contributed by atoms with Crippen molar-refractivity contribution in [3.8, 4) is 44.5 Å². The lowest BCUT2D eigenvalue weighted by atomic mass is 9.73. The normalized spacial score (nSPS) is 16.3. The molecule has 1 spiro atoms. The topological polar surface area (TPSA) is 6.48 Å². The predicted octanol–water partition coefficient (Wildman–Crippen LogP) is 18.8. The van der Waals surface area contributed by atoms with Crippen molar-refractivity contribution in [1.29, 1.82) is 0 Å². The quantitative estimate of drug-likeness (QED) is 0.164. The van der Waals surface area contributed by atoms with Gasteiger partial charge in [0, 0.05) is 65.5 Å². The smallest absolute Gasteiger partial charge is 0.0820 e. The number of benzene rings is 10. The molecule has 2 nitrogen and oxygen atoms in total. The maximum atomic E-state index is 2.55. The fourth-order valence-corrected chi connectivity index (χ4v) is 15.0. The van der Waals surface area contributed by atoms with E-state index in [-0.39, 0.29) is 10.8 Å². The van der Waals surface area contributed by atoms with E-state index in [0.29, 0.717) is 0 Å². The van der Waals surface area contributed by atoms with Gasteiger partial charge in [0.1, 0.15) is 0 Å². The number of rotatable bonds is 6. The van der Waals surface area contributed by atoms with Crippen molar-refractivity contribution >= 4 is 55.5 Å². The van der Waals surface area contributed by atoms with Gasteiger partial charge in [-0.1, -0.05) is 179 Å². The third kappa shape index (κ3) is 5.49. The minimum absolute atomic E-state index is 0.134. The summed E-state index contributed by atoms with van der Waals surface area (Å²) >= 11 is 1.97. The lowest BCUT2D eigenvalue weighted by Gasteiger charge is -2.33. The van der Waals surface area contributed by atoms with E-state index >= 15 is 0 Å². The molecule has 4 aliphatic rings. The first-order chi connectivity index (χ1) is 35.2. The lowest BCUT2D eigenvalue weighted by molar-refractivity contribution is 0.660. The van der Waals surface area contributed by atoms with Crippen molar-refractivity contribution < 1.29 is 0 Å². The Bertz CT molecular complexity index is 4060. The zero-order chi connectivity index (χ0) is 48.1. The van der Waals surface area contributed by atoms with Crippen LogP contribution in [-0.2, 0) is 16.2 Å². The van der Waals surface area contributed by atoms with Crippen LogP contribution in [0.15, 0.2) is 231 Å². The van der Waals surface area contributed by atoms with Gasteiger partial charge in [-0.25, -0.2) is 0 Å². The number of nitrogens with zero attached hydrogens (tertiary/aromatic N) is 2. The SMILES string of the molecule is CC1(C)c2ccccc2-c2ccc(N(c3ccccc3)c3ccc4c(c3)C3(c5ccccc5-4)c4cc(N(c5ccccc5)c5ccc6c(c5)C(C)(C)c5ccccc5-6)ccc4-c4c3sc3ccccc43)cc21. The number of thiophene rings is 1. The van der Waals surface area contributed by atoms with Gasteiger partial charge < -0.3 is 9.80 Å². The van der Waals surface area contributed by atoms with Gasteiger partial charge >= 0.3 is 0 Å². The Morgan fingerprint density at radius 2 is 0.653 bits per heavy atom. The van der Waals surface area contributed by atoms with E-state index < -0.39 is 5.41 Å². The molecular weight excluding hydrogens is 889 g/mol. The van der Waals surface area contributed by atoms with E-state index in [2.05, 4.69) is 268 Å². The van der Waals surface area contributed by atoms with Crippen LogP contribution in [0.2, 0.25) is 0 Å². The van der Waals surface area contributed by atoms with Crippen molar-refractivity contribution in [2.45, 2.75) is 43.9 Å². The zero-order valence-electron chi connectivity index (χ0n) is 40.7. The van der Waals surface area contributed by atoms with E-state index in [1.165, 1.54) is 98.4 Å². The summed E-state index contributed by atoms with van der Waals surface area (Å²) in [6.45, 7) is 9.51. The molecule has 0 amide bonds. The highest BCUT2D eigenvalue weighted by molar-refractivity contribution is 7.20. The van der Waals surface area contributed by atoms with E-state index in [4.69, 9.17) is 0 Å². The first-order valence-electron chi connectivity index (χ1n) is 25.3. The molecule has 1 unspecified atom stereocenters. The maximum Gasteiger partial charge on any atom is 0.0820 e. The van der Waals surface area contributed by atoms with Gasteiger partial charge in [0.25, 0.3) is 0 Å². The molecule has 1 heterocycles. The highest BCUT2D eigenvalue weighted by Gasteiger charge is 2.54. The average Bonchev–Trinajstić information content (AvgIpc) is 4.15. The summed E-state index contributed by atoms with van der Waals surface area (Å²) in [4.78, 5) is 6.37. The van der Waals surface area contributed by atoms with Crippen molar-refractivity contribution in [3.05, 3.63) is 274 Å². The van der Waals surface area contributed by atoms with Crippen LogP contribution in [0.4, 0.5) is 34.1 Å². The Morgan fingerprint density at radius 3 is 1.17 bits per heavy atom. The summed E-state index contributed by atoms with van der Waals surface area (Å²) in [5, 5.41) is 1.32. The summed E-state index contributed by atoms with van der Waals surface area (Å²) in [6, 6.07) is 87.1.